The molecule has 2 N–H and O–H groups in total. The molecule has 1 aliphatic carbocycles. The second kappa shape index (κ2) is 4.78. The summed E-state index contributed by atoms with van der Waals surface area (Å²) in [4.78, 5) is 0. The number of nitrogens with zero attached hydrogens (tertiary/aromatic N) is 2. The number of aliphatic hydroxyl groups is 2. The lowest BCUT2D eigenvalue weighted by atomic mass is 9.79. The predicted molar refractivity (Wildman–Crippen MR) is 65.7 cm³/mol. The van der Waals surface area contributed by atoms with Crippen molar-refractivity contribution in [1.29, 1.82) is 0 Å². The summed E-state index contributed by atoms with van der Waals surface area (Å²) in [5.41, 5.74) is 1.04. The Morgan fingerprint density at radius 3 is 2.59 bits per heavy atom. The molecule has 1 saturated carbocycles. The van der Waals surface area contributed by atoms with Gasteiger partial charge in [0.05, 0.1) is 17.4 Å². The van der Waals surface area contributed by atoms with Crippen LogP contribution in [0.2, 0.25) is 0 Å². The van der Waals surface area contributed by atoms with Crippen LogP contribution in [0.4, 0.5) is 0 Å². The molecule has 0 spiro atoms. The van der Waals surface area contributed by atoms with Gasteiger partial charge in [0.1, 0.15) is 0 Å². The van der Waals surface area contributed by atoms with Crippen LogP contribution in [0.1, 0.15) is 43.5 Å². The van der Waals surface area contributed by atoms with E-state index < -0.39 is 11.7 Å². The van der Waals surface area contributed by atoms with Gasteiger partial charge in [0, 0.05) is 19.2 Å². The number of hydrogen-bond acceptors (Lipinski definition) is 3. The minimum Gasteiger partial charge on any atom is -0.390 e. The zero-order valence-corrected chi connectivity index (χ0v) is 10.7. The van der Waals surface area contributed by atoms with Gasteiger partial charge in [-0.1, -0.05) is 19.3 Å². The lowest BCUT2D eigenvalue weighted by Crippen LogP contribution is -2.45. The lowest BCUT2D eigenvalue weighted by Gasteiger charge is -2.36. The molecule has 2 rings (SSSR count). The molecule has 0 aliphatic heterocycles. The Morgan fingerprint density at radius 1 is 1.41 bits per heavy atom. The largest absolute Gasteiger partial charge is 0.390 e. The number of aliphatic hydroxyl groups excluding tert-OH is 1. The average Bonchev–Trinajstić information content (AvgIpc) is 2.58. The van der Waals surface area contributed by atoms with Crippen molar-refractivity contribution < 1.29 is 10.2 Å². The van der Waals surface area contributed by atoms with Crippen LogP contribution >= 0.6 is 0 Å². The van der Waals surface area contributed by atoms with Crippen LogP contribution in [0.15, 0.2) is 6.07 Å². The number of rotatable bonds is 3. The van der Waals surface area contributed by atoms with Gasteiger partial charge >= 0.3 is 0 Å². The molecular weight excluding hydrogens is 216 g/mol. The summed E-state index contributed by atoms with van der Waals surface area (Å²) >= 11 is 0. The second-order valence-electron chi connectivity index (χ2n) is 5.28. The molecule has 4 heteroatoms. The van der Waals surface area contributed by atoms with Crippen molar-refractivity contribution in [3.63, 3.8) is 0 Å². The van der Waals surface area contributed by atoms with Crippen molar-refractivity contribution in [3.8, 4) is 0 Å². The summed E-state index contributed by atoms with van der Waals surface area (Å²) < 4.78 is 1.78. The van der Waals surface area contributed by atoms with Crippen LogP contribution in [0.3, 0.4) is 0 Å². The van der Waals surface area contributed by atoms with Crippen LogP contribution in [0, 0.1) is 6.92 Å². The first-order valence-corrected chi connectivity index (χ1v) is 6.41. The Hall–Kier alpha value is -0.870. The first-order valence-electron chi connectivity index (χ1n) is 6.41. The van der Waals surface area contributed by atoms with Crippen molar-refractivity contribution in [1.82, 2.24) is 9.78 Å². The first kappa shape index (κ1) is 12.6. The molecule has 0 saturated heterocycles. The number of hydrogen-bond donors (Lipinski definition) is 2. The monoisotopic (exact) mass is 238 g/mol. The van der Waals surface area contributed by atoms with Crippen LogP contribution < -0.4 is 0 Å². The molecule has 96 valence electrons. The maximum atomic E-state index is 10.4. The van der Waals surface area contributed by atoms with Crippen molar-refractivity contribution in [2.24, 2.45) is 7.05 Å². The Labute approximate surface area is 102 Å². The van der Waals surface area contributed by atoms with Gasteiger partial charge in [-0.15, -0.1) is 0 Å². The Kier molecular flexibility index (Phi) is 3.54. The second-order valence-corrected chi connectivity index (χ2v) is 5.28. The Bertz CT molecular complexity index is 381. The molecule has 1 aromatic rings. The van der Waals surface area contributed by atoms with E-state index in [0.29, 0.717) is 19.3 Å². The van der Waals surface area contributed by atoms with Gasteiger partial charge in [0.25, 0.3) is 0 Å². The normalized spacial score (nSPS) is 21.4. The third-order valence-corrected chi connectivity index (χ3v) is 3.84. The van der Waals surface area contributed by atoms with E-state index in [4.69, 9.17) is 0 Å². The van der Waals surface area contributed by atoms with Crippen molar-refractivity contribution in [2.75, 3.05) is 0 Å². The fraction of sp³-hybridized carbons (Fsp3) is 0.769. The van der Waals surface area contributed by atoms with Gasteiger partial charge in [-0.2, -0.15) is 5.10 Å². The predicted octanol–water partition coefficient (Wildman–Crippen LogP) is 1.33. The molecule has 1 atom stereocenters. The maximum Gasteiger partial charge on any atom is 0.0909 e. The smallest absolute Gasteiger partial charge is 0.0909 e. The van der Waals surface area contributed by atoms with Gasteiger partial charge in [-0.25, -0.2) is 0 Å². The number of aromatic nitrogens is 2. The highest BCUT2D eigenvalue weighted by atomic mass is 16.3. The zero-order chi connectivity index (χ0) is 12.5. The van der Waals surface area contributed by atoms with E-state index in [0.717, 1.165) is 24.2 Å². The Morgan fingerprint density at radius 2 is 2.06 bits per heavy atom. The van der Waals surface area contributed by atoms with Gasteiger partial charge in [0.15, 0.2) is 0 Å². The number of aryl methyl sites for hydroxylation is 2. The molecule has 1 heterocycles. The van der Waals surface area contributed by atoms with E-state index in [-0.39, 0.29) is 0 Å². The molecule has 1 aromatic heterocycles. The summed E-state index contributed by atoms with van der Waals surface area (Å²) in [6, 6.07) is 1.97. The van der Waals surface area contributed by atoms with E-state index in [2.05, 4.69) is 5.10 Å². The fourth-order valence-corrected chi connectivity index (χ4v) is 2.74. The molecule has 0 radical (unpaired) electrons. The molecule has 1 aliphatic rings. The molecular formula is C13H22N2O2. The third-order valence-electron chi connectivity index (χ3n) is 3.84. The third kappa shape index (κ3) is 2.69. The molecule has 17 heavy (non-hydrogen) atoms. The highest BCUT2D eigenvalue weighted by Crippen LogP contribution is 2.32. The quantitative estimate of drug-likeness (QED) is 0.835. The topological polar surface area (TPSA) is 58.3 Å². The molecule has 0 aromatic carbocycles. The van der Waals surface area contributed by atoms with E-state index in [1.807, 2.05) is 20.0 Å². The Balaban J connectivity index is 2.05. The van der Waals surface area contributed by atoms with E-state index in [1.54, 1.807) is 4.68 Å². The highest BCUT2D eigenvalue weighted by molar-refractivity contribution is 5.11. The van der Waals surface area contributed by atoms with Crippen molar-refractivity contribution >= 4 is 0 Å². The maximum absolute atomic E-state index is 10.4. The zero-order valence-electron chi connectivity index (χ0n) is 10.7. The van der Waals surface area contributed by atoms with Crippen LogP contribution in [0.5, 0.6) is 0 Å². The lowest BCUT2D eigenvalue weighted by molar-refractivity contribution is -0.0966. The van der Waals surface area contributed by atoms with Gasteiger partial charge in [0.2, 0.25) is 0 Å². The molecule has 0 bridgehead atoms. The van der Waals surface area contributed by atoms with E-state index >= 15 is 0 Å². The van der Waals surface area contributed by atoms with Gasteiger partial charge in [-0.3, -0.25) is 4.68 Å². The standard InChI is InChI=1S/C13H22N2O2/c1-10-8-11(15(2)14-10)9-12(16)13(17)6-4-3-5-7-13/h8,12,16-17H,3-7,9H2,1-2H3. The van der Waals surface area contributed by atoms with E-state index in [1.165, 1.54) is 6.42 Å². The van der Waals surface area contributed by atoms with Crippen LogP contribution in [-0.4, -0.2) is 31.7 Å². The van der Waals surface area contributed by atoms with Gasteiger partial charge in [-0.05, 0) is 25.8 Å². The van der Waals surface area contributed by atoms with E-state index in [9.17, 15) is 10.2 Å². The molecule has 1 unspecified atom stereocenters. The molecule has 1 fully saturated rings. The van der Waals surface area contributed by atoms with Crippen LogP contribution in [0.25, 0.3) is 0 Å². The summed E-state index contributed by atoms with van der Waals surface area (Å²) in [7, 11) is 1.87. The summed E-state index contributed by atoms with van der Waals surface area (Å²) in [6.07, 6.45) is 4.41. The summed E-state index contributed by atoms with van der Waals surface area (Å²) in [6.45, 7) is 1.94. The first-order chi connectivity index (χ1) is 8.01. The minimum absolute atomic E-state index is 0.480. The SMILES string of the molecule is Cc1cc(CC(O)C2(O)CCCCC2)n(C)n1. The summed E-state index contributed by atoms with van der Waals surface area (Å²) in [5.74, 6) is 0. The fourth-order valence-electron chi connectivity index (χ4n) is 2.74. The average molecular weight is 238 g/mol. The van der Waals surface area contributed by atoms with Crippen LogP contribution in [-0.2, 0) is 13.5 Å². The minimum atomic E-state index is -0.892. The van der Waals surface area contributed by atoms with Crippen molar-refractivity contribution in [2.45, 2.75) is 57.2 Å². The molecule has 4 nitrogen and oxygen atoms in total. The van der Waals surface area contributed by atoms with Crippen molar-refractivity contribution in [3.05, 3.63) is 17.5 Å². The molecule has 0 amide bonds. The summed E-state index contributed by atoms with van der Waals surface area (Å²) in [5, 5.41) is 24.9. The highest BCUT2D eigenvalue weighted by Gasteiger charge is 2.37. The van der Waals surface area contributed by atoms with Gasteiger partial charge < -0.3 is 10.2 Å².